The maximum atomic E-state index is 11.7. The number of hydrogen-bond donors (Lipinski definition) is 1. The lowest BCUT2D eigenvalue weighted by Gasteiger charge is -2.31. The van der Waals surface area contributed by atoms with Gasteiger partial charge in [-0.2, -0.15) is 0 Å². The van der Waals surface area contributed by atoms with Gasteiger partial charge in [0.05, 0.1) is 5.69 Å². The van der Waals surface area contributed by atoms with Crippen LogP contribution in [-0.2, 0) is 9.53 Å². The maximum absolute atomic E-state index is 11.7. The van der Waals surface area contributed by atoms with Crippen LogP contribution in [0.5, 0.6) is 0 Å². The van der Waals surface area contributed by atoms with Gasteiger partial charge in [0.2, 0.25) is 0 Å². The Morgan fingerprint density at radius 2 is 2.17 bits per heavy atom. The second-order valence-corrected chi connectivity index (χ2v) is 4.51. The molecule has 1 atom stereocenters. The summed E-state index contributed by atoms with van der Waals surface area (Å²) in [5.41, 5.74) is 2.65. The summed E-state index contributed by atoms with van der Waals surface area (Å²) in [4.78, 5) is 24.1. The Morgan fingerprint density at radius 1 is 1.44 bits per heavy atom. The Kier molecular flexibility index (Phi) is 3.23. The summed E-state index contributed by atoms with van der Waals surface area (Å²) in [6, 6.07) is 5.71. The highest BCUT2D eigenvalue weighted by atomic mass is 16.6. The molecular formula is C13H15NO4. The van der Waals surface area contributed by atoms with Crippen molar-refractivity contribution in [3.05, 3.63) is 29.3 Å². The molecule has 0 spiro atoms. The number of carboxylic acid groups (broad SMARTS) is 1. The van der Waals surface area contributed by atoms with E-state index < -0.39 is 18.0 Å². The number of carbonyl (C=O) groups excluding carboxylic acids is 1. The van der Waals surface area contributed by atoms with Gasteiger partial charge in [-0.05, 0) is 31.0 Å². The maximum Gasteiger partial charge on any atom is 0.414 e. The molecule has 0 saturated carbocycles. The van der Waals surface area contributed by atoms with Crippen LogP contribution in [0.4, 0.5) is 10.5 Å². The van der Waals surface area contributed by atoms with Crippen LogP contribution < -0.4 is 4.90 Å². The van der Waals surface area contributed by atoms with E-state index >= 15 is 0 Å². The molecule has 0 bridgehead atoms. The largest absolute Gasteiger partial charge is 0.481 e. The van der Waals surface area contributed by atoms with E-state index in [0.29, 0.717) is 5.69 Å². The van der Waals surface area contributed by atoms with Crippen LogP contribution in [0.2, 0.25) is 0 Å². The topological polar surface area (TPSA) is 66.8 Å². The molecule has 1 saturated heterocycles. The molecule has 18 heavy (non-hydrogen) atoms. The van der Waals surface area contributed by atoms with E-state index in [4.69, 9.17) is 9.84 Å². The third-order valence-corrected chi connectivity index (χ3v) is 3.04. The van der Waals surface area contributed by atoms with Crippen molar-refractivity contribution < 1.29 is 19.4 Å². The number of ether oxygens (including phenoxy) is 1. The van der Waals surface area contributed by atoms with Crippen molar-refractivity contribution in [3.63, 3.8) is 0 Å². The fourth-order valence-corrected chi connectivity index (χ4v) is 1.95. The van der Waals surface area contributed by atoms with Crippen molar-refractivity contribution in [2.24, 2.45) is 5.92 Å². The molecule has 5 heteroatoms. The number of hydrogen-bond acceptors (Lipinski definition) is 3. The number of benzene rings is 1. The zero-order valence-electron chi connectivity index (χ0n) is 10.3. The van der Waals surface area contributed by atoms with Gasteiger partial charge in [-0.15, -0.1) is 0 Å². The number of aliphatic carboxylic acids is 1. The van der Waals surface area contributed by atoms with Gasteiger partial charge < -0.3 is 9.84 Å². The zero-order valence-corrected chi connectivity index (χ0v) is 10.3. The minimum Gasteiger partial charge on any atom is -0.481 e. The number of amides is 1. The molecule has 1 unspecified atom stereocenters. The molecule has 1 aliphatic rings. The first-order valence-electron chi connectivity index (χ1n) is 5.73. The normalized spacial score (nSPS) is 19.6. The summed E-state index contributed by atoms with van der Waals surface area (Å²) in [7, 11) is 0. The van der Waals surface area contributed by atoms with Gasteiger partial charge in [0, 0.05) is 6.54 Å². The summed E-state index contributed by atoms with van der Waals surface area (Å²) >= 11 is 0. The fraction of sp³-hybridized carbons (Fsp3) is 0.385. The first kappa shape index (κ1) is 12.4. The minimum atomic E-state index is -0.946. The first-order valence-corrected chi connectivity index (χ1v) is 5.73. The Hall–Kier alpha value is -2.04. The van der Waals surface area contributed by atoms with Crippen LogP contribution in [0.3, 0.4) is 0 Å². The Morgan fingerprint density at radius 3 is 2.83 bits per heavy atom. The Bertz CT molecular complexity index is 498. The van der Waals surface area contributed by atoms with E-state index in [0.717, 1.165) is 11.1 Å². The molecule has 1 fully saturated rings. The van der Waals surface area contributed by atoms with Crippen molar-refractivity contribution >= 4 is 17.7 Å². The van der Waals surface area contributed by atoms with Crippen LogP contribution in [0.1, 0.15) is 11.1 Å². The summed E-state index contributed by atoms with van der Waals surface area (Å²) < 4.78 is 4.92. The third kappa shape index (κ3) is 2.30. The highest BCUT2D eigenvalue weighted by Crippen LogP contribution is 2.25. The average Bonchev–Trinajstić information content (AvgIpc) is 2.33. The lowest BCUT2D eigenvalue weighted by atomic mass is 10.1. The van der Waals surface area contributed by atoms with Crippen LogP contribution in [-0.4, -0.2) is 30.3 Å². The Balaban J connectivity index is 2.32. The molecule has 1 amide bonds. The molecule has 0 aliphatic carbocycles. The lowest BCUT2D eigenvalue weighted by molar-refractivity contribution is -0.143. The van der Waals surface area contributed by atoms with Crippen LogP contribution in [0, 0.1) is 19.8 Å². The summed E-state index contributed by atoms with van der Waals surface area (Å²) in [5.74, 6) is -1.62. The number of aryl methyl sites for hydroxylation is 2. The van der Waals surface area contributed by atoms with E-state index in [9.17, 15) is 9.59 Å². The van der Waals surface area contributed by atoms with E-state index in [-0.39, 0.29) is 13.2 Å². The van der Waals surface area contributed by atoms with Gasteiger partial charge in [0.1, 0.15) is 12.5 Å². The molecule has 96 valence electrons. The SMILES string of the molecule is Cc1ccc(C)c(N2CC(C(=O)O)COC2=O)c1. The molecule has 0 aromatic heterocycles. The predicted octanol–water partition coefficient (Wildman–Crippen LogP) is 1.96. The number of nitrogens with zero attached hydrogens (tertiary/aromatic N) is 1. The van der Waals surface area contributed by atoms with Gasteiger partial charge in [-0.1, -0.05) is 12.1 Å². The van der Waals surface area contributed by atoms with Gasteiger partial charge in [0.15, 0.2) is 0 Å². The van der Waals surface area contributed by atoms with Crippen LogP contribution in [0.25, 0.3) is 0 Å². The minimum absolute atomic E-state index is 0.0600. The van der Waals surface area contributed by atoms with Crippen LogP contribution >= 0.6 is 0 Å². The lowest BCUT2D eigenvalue weighted by Crippen LogP contribution is -2.46. The highest BCUT2D eigenvalue weighted by Gasteiger charge is 2.33. The third-order valence-electron chi connectivity index (χ3n) is 3.04. The number of anilines is 1. The molecular weight excluding hydrogens is 234 g/mol. The van der Waals surface area contributed by atoms with E-state index in [2.05, 4.69) is 0 Å². The molecule has 1 N–H and O–H groups in total. The molecule has 1 aromatic carbocycles. The summed E-state index contributed by atoms with van der Waals surface area (Å²) in [6.45, 7) is 3.90. The van der Waals surface area contributed by atoms with Gasteiger partial charge in [0.25, 0.3) is 0 Å². The predicted molar refractivity (Wildman–Crippen MR) is 65.7 cm³/mol. The molecule has 1 heterocycles. The van der Waals surface area contributed by atoms with Gasteiger partial charge in [-0.25, -0.2) is 4.79 Å². The second kappa shape index (κ2) is 4.68. The summed E-state index contributed by atoms with van der Waals surface area (Å²) in [5, 5.41) is 9.00. The highest BCUT2D eigenvalue weighted by molar-refractivity contribution is 5.91. The van der Waals surface area contributed by atoms with Crippen molar-refractivity contribution in [1.29, 1.82) is 0 Å². The fourth-order valence-electron chi connectivity index (χ4n) is 1.95. The summed E-state index contributed by atoms with van der Waals surface area (Å²) in [6.07, 6.45) is -0.485. The molecule has 5 nitrogen and oxygen atoms in total. The number of carboxylic acids is 1. The molecule has 0 radical (unpaired) electrons. The van der Waals surface area contributed by atoms with Crippen LogP contribution in [0.15, 0.2) is 18.2 Å². The number of cyclic esters (lactones) is 1. The molecule has 2 rings (SSSR count). The van der Waals surface area contributed by atoms with Crippen molar-refractivity contribution in [2.75, 3.05) is 18.1 Å². The Labute approximate surface area is 105 Å². The zero-order chi connectivity index (χ0) is 13.3. The van der Waals surface area contributed by atoms with E-state index in [1.165, 1.54) is 4.90 Å². The monoisotopic (exact) mass is 249 g/mol. The smallest absolute Gasteiger partial charge is 0.414 e. The quantitative estimate of drug-likeness (QED) is 0.870. The van der Waals surface area contributed by atoms with Crippen molar-refractivity contribution in [2.45, 2.75) is 13.8 Å². The standard InChI is InChI=1S/C13H15NO4/c1-8-3-4-9(2)11(5-8)14-6-10(12(15)16)7-18-13(14)17/h3-5,10H,6-7H2,1-2H3,(H,15,16). The van der Waals surface area contributed by atoms with Gasteiger partial charge >= 0.3 is 12.1 Å². The van der Waals surface area contributed by atoms with Crippen molar-refractivity contribution in [3.8, 4) is 0 Å². The number of rotatable bonds is 2. The average molecular weight is 249 g/mol. The van der Waals surface area contributed by atoms with Crippen molar-refractivity contribution in [1.82, 2.24) is 0 Å². The number of carbonyl (C=O) groups is 2. The van der Waals surface area contributed by atoms with Gasteiger partial charge in [-0.3, -0.25) is 9.69 Å². The first-order chi connectivity index (χ1) is 8.49. The molecule has 1 aliphatic heterocycles. The second-order valence-electron chi connectivity index (χ2n) is 4.51. The molecule has 1 aromatic rings. The van der Waals surface area contributed by atoms with E-state index in [1.807, 2.05) is 32.0 Å². The van der Waals surface area contributed by atoms with E-state index in [1.54, 1.807) is 0 Å².